The molecule has 1 heterocycles. The van der Waals surface area contributed by atoms with Crippen molar-refractivity contribution in [2.24, 2.45) is 5.92 Å². The third-order valence-corrected chi connectivity index (χ3v) is 4.92. The van der Waals surface area contributed by atoms with E-state index in [0.717, 1.165) is 37.5 Å². The predicted octanol–water partition coefficient (Wildman–Crippen LogP) is 3.24. The van der Waals surface area contributed by atoms with Gasteiger partial charge in [-0.25, -0.2) is 4.39 Å². The highest BCUT2D eigenvalue weighted by Gasteiger charge is 2.40. The van der Waals surface area contributed by atoms with Crippen LogP contribution in [0.5, 0.6) is 5.75 Å². The zero-order valence-corrected chi connectivity index (χ0v) is 16.9. The molecule has 27 heavy (non-hydrogen) atoms. The van der Waals surface area contributed by atoms with Crippen molar-refractivity contribution in [2.45, 2.75) is 57.6 Å². The molecule has 1 saturated carbocycles. The van der Waals surface area contributed by atoms with Crippen molar-refractivity contribution in [3.63, 3.8) is 0 Å². The first kappa shape index (κ1) is 21.6. The Morgan fingerprint density at radius 3 is 2.56 bits per heavy atom. The average molecular weight is 381 g/mol. The number of benzene rings is 1. The minimum absolute atomic E-state index is 0.256. The van der Waals surface area contributed by atoms with Gasteiger partial charge in [-0.05, 0) is 71.7 Å². The van der Waals surface area contributed by atoms with Crippen molar-refractivity contribution in [3.8, 4) is 5.75 Å². The SMILES string of the molecule is CC(C)(C)OC=O.COc1c(F)cccc1C1CC1NCC1CCNCC1. The summed E-state index contributed by atoms with van der Waals surface area (Å²) in [6.45, 7) is 9.28. The van der Waals surface area contributed by atoms with Crippen LogP contribution >= 0.6 is 0 Å². The Balaban J connectivity index is 0.000000321. The summed E-state index contributed by atoms with van der Waals surface area (Å²) in [6.07, 6.45) is 3.60. The standard InChI is InChI=1S/C16H23FN2O.C5H10O2/c1-20-16-12(3-2-4-14(16)17)13-9-15(13)19-10-11-5-7-18-8-6-11;1-5(2,3)7-4-6/h2-4,11,13,15,18-19H,5-10H2,1H3;4H,1-3H3. The smallest absolute Gasteiger partial charge is 0.293 e. The van der Waals surface area contributed by atoms with Crippen LogP contribution in [0.1, 0.15) is 51.5 Å². The van der Waals surface area contributed by atoms with Gasteiger partial charge in [-0.2, -0.15) is 0 Å². The number of nitrogens with one attached hydrogen (secondary N) is 2. The second-order valence-corrected chi connectivity index (χ2v) is 8.24. The highest BCUT2D eigenvalue weighted by atomic mass is 19.1. The minimum atomic E-state index is -0.318. The van der Waals surface area contributed by atoms with Crippen LogP contribution in [0, 0.1) is 11.7 Å². The van der Waals surface area contributed by atoms with E-state index >= 15 is 0 Å². The Kier molecular flexibility index (Phi) is 8.05. The molecule has 3 rings (SSSR count). The quantitative estimate of drug-likeness (QED) is 0.742. The van der Waals surface area contributed by atoms with E-state index in [4.69, 9.17) is 4.74 Å². The lowest BCUT2D eigenvalue weighted by Gasteiger charge is -2.23. The van der Waals surface area contributed by atoms with Crippen molar-refractivity contribution in [1.29, 1.82) is 0 Å². The first-order valence-corrected chi connectivity index (χ1v) is 9.73. The molecule has 2 N–H and O–H groups in total. The van der Waals surface area contributed by atoms with Crippen molar-refractivity contribution < 1.29 is 18.7 Å². The van der Waals surface area contributed by atoms with Crippen LogP contribution in [0.15, 0.2) is 18.2 Å². The normalized spacial score (nSPS) is 22.4. The summed E-state index contributed by atoms with van der Waals surface area (Å²) >= 11 is 0. The van der Waals surface area contributed by atoms with Crippen molar-refractivity contribution >= 4 is 6.47 Å². The van der Waals surface area contributed by atoms with Gasteiger partial charge in [0, 0.05) is 17.5 Å². The molecule has 152 valence electrons. The molecule has 1 aliphatic carbocycles. The number of carbonyl (C=O) groups is 1. The van der Waals surface area contributed by atoms with Gasteiger partial charge in [-0.3, -0.25) is 4.79 Å². The molecule has 0 bridgehead atoms. The molecule has 1 saturated heterocycles. The van der Waals surface area contributed by atoms with E-state index < -0.39 is 0 Å². The van der Waals surface area contributed by atoms with Gasteiger partial charge in [0.05, 0.1) is 7.11 Å². The van der Waals surface area contributed by atoms with Crippen LogP contribution in [0.25, 0.3) is 0 Å². The number of hydrogen-bond acceptors (Lipinski definition) is 5. The summed E-state index contributed by atoms with van der Waals surface area (Å²) in [6, 6.07) is 5.71. The molecule has 0 aromatic heterocycles. The molecule has 5 nitrogen and oxygen atoms in total. The number of para-hydroxylation sites is 1. The molecule has 0 spiro atoms. The van der Waals surface area contributed by atoms with Crippen LogP contribution in [0.4, 0.5) is 4.39 Å². The number of piperidine rings is 1. The van der Waals surface area contributed by atoms with Gasteiger partial charge in [-0.1, -0.05) is 12.1 Å². The fourth-order valence-electron chi connectivity index (χ4n) is 3.35. The number of halogens is 1. The summed E-state index contributed by atoms with van der Waals surface area (Å²) in [4.78, 5) is 9.60. The van der Waals surface area contributed by atoms with Crippen LogP contribution in [-0.4, -0.2) is 44.9 Å². The van der Waals surface area contributed by atoms with Gasteiger partial charge in [-0.15, -0.1) is 0 Å². The van der Waals surface area contributed by atoms with E-state index in [2.05, 4.69) is 15.4 Å². The molecule has 0 radical (unpaired) electrons. The lowest BCUT2D eigenvalue weighted by atomic mass is 9.98. The number of methoxy groups -OCH3 is 1. The molecule has 2 atom stereocenters. The van der Waals surface area contributed by atoms with E-state index in [1.807, 2.05) is 26.8 Å². The first-order chi connectivity index (χ1) is 12.9. The molecule has 1 aromatic rings. The zero-order chi connectivity index (χ0) is 19.9. The molecule has 1 aliphatic heterocycles. The van der Waals surface area contributed by atoms with Crippen molar-refractivity contribution in [1.82, 2.24) is 10.6 Å². The van der Waals surface area contributed by atoms with E-state index in [1.54, 1.807) is 13.2 Å². The van der Waals surface area contributed by atoms with E-state index in [0.29, 0.717) is 24.2 Å². The molecular weight excluding hydrogens is 347 g/mol. The monoisotopic (exact) mass is 380 g/mol. The van der Waals surface area contributed by atoms with E-state index in [1.165, 1.54) is 18.9 Å². The molecule has 2 unspecified atom stereocenters. The highest BCUT2D eigenvalue weighted by Crippen LogP contribution is 2.45. The average Bonchev–Trinajstić information content (AvgIpc) is 3.40. The second-order valence-electron chi connectivity index (χ2n) is 8.24. The molecule has 6 heteroatoms. The van der Waals surface area contributed by atoms with Gasteiger partial charge in [0.25, 0.3) is 6.47 Å². The lowest BCUT2D eigenvalue weighted by molar-refractivity contribution is -0.138. The topological polar surface area (TPSA) is 59.6 Å². The summed E-state index contributed by atoms with van der Waals surface area (Å²) in [7, 11) is 1.54. The summed E-state index contributed by atoms with van der Waals surface area (Å²) < 4.78 is 23.4. The van der Waals surface area contributed by atoms with Gasteiger partial charge in [0.2, 0.25) is 0 Å². The van der Waals surface area contributed by atoms with E-state index in [9.17, 15) is 9.18 Å². The van der Waals surface area contributed by atoms with E-state index in [-0.39, 0.29) is 11.4 Å². The Bertz CT molecular complexity index is 598. The third kappa shape index (κ3) is 7.11. The Labute approximate surface area is 162 Å². The maximum atomic E-state index is 13.7. The summed E-state index contributed by atoms with van der Waals surface area (Å²) in [5.74, 6) is 1.35. The van der Waals surface area contributed by atoms with Gasteiger partial charge >= 0.3 is 0 Å². The number of carbonyl (C=O) groups excluding carboxylic acids is 1. The largest absolute Gasteiger partial charge is 0.493 e. The summed E-state index contributed by atoms with van der Waals surface area (Å²) in [5, 5.41) is 7.03. The molecule has 1 aromatic carbocycles. The zero-order valence-electron chi connectivity index (χ0n) is 16.9. The summed E-state index contributed by atoms with van der Waals surface area (Å²) in [5.41, 5.74) is 0.692. The number of hydrogen-bond donors (Lipinski definition) is 2. The second kappa shape index (κ2) is 10.0. The number of rotatable bonds is 6. The number of ether oxygens (including phenoxy) is 2. The Hall–Kier alpha value is -1.66. The maximum absolute atomic E-state index is 13.7. The third-order valence-electron chi connectivity index (χ3n) is 4.92. The van der Waals surface area contributed by atoms with Crippen molar-refractivity contribution in [3.05, 3.63) is 29.6 Å². The predicted molar refractivity (Wildman–Crippen MR) is 105 cm³/mol. The highest BCUT2D eigenvalue weighted by molar-refractivity contribution is 5.41. The molecular formula is C21H33FN2O3. The van der Waals surface area contributed by atoms with Crippen LogP contribution < -0.4 is 15.4 Å². The molecule has 0 amide bonds. The van der Waals surface area contributed by atoms with Crippen LogP contribution in [0.2, 0.25) is 0 Å². The Morgan fingerprint density at radius 1 is 1.30 bits per heavy atom. The fourth-order valence-corrected chi connectivity index (χ4v) is 3.35. The van der Waals surface area contributed by atoms with Gasteiger partial charge in [0.15, 0.2) is 11.6 Å². The van der Waals surface area contributed by atoms with Crippen LogP contribution in [0.3, 0.4) is 0 Å². The van der Waals surface area contributed by atoms with Crippen molar-refractivity contribution in [2.75, 3.05) is 26.7 Å². The molecule has 2 aliphatic rings. The lowest BCUT2D eigenvalue weighted by Crippen LogP contribution is -2.34. The first-order valence-electron chi connectivity index (χ1n) is 9.73. The minimum Gasteiger partial charge on any atom is -0.493 e. The van der Waals surface area contributed by atoms with Gasteiger partial charge < -0.3 is 20.1 Å². The van der Waals surface area contributed by atoms with Crippen LogP contribution in [-0.2, 0) is 9.53 Å². The van der Waals surface area contributed by atoms with Gasteiger partial charge in [0.1, 0.15) is 5.60 Å². The molecule has 2 fully saturated rings. The maximum Gasteiger partial charge on any atom is 0.293 e. The Morgan fingerprint density at radius 2 is 2.00 bits per heavy atom. The fraction of sp³-hybridized carbons (Fsp3) is 0.667.